The Morgan fingerprint density at radius 2 is 1.97 bits per heavy atom. The summed E-state index contributed by atoms with van der Waals surface area (Å²) in [6, 6.07) is 15.5. The predicted octanol–water partition coefficient (Wildman–Crippen LogP) is 4.96. The second-order valence-corrected chi connectivity index (χ2v) is 7.77. The molecule has 0 saturated heterocycles. The predicted molar refractivity (Wildman–Crippen MR) is 120 cm³/mol. The second kappa shape index (κ2) is 8.51. The van der Waals surface area contributed by atoms with Gasteiger partial charge in [0.2, 0.25) is 12.7 Å². The molecule has 0 fully saturated rings. The van der Waals surface area contributed by atoms with Crippen LogP contribution >= 0.6 is 11.6 Å². The van der Waals surface area contributed by atoms with Gasteiger partial charge in [-0.1, -0.05) is 23.7 Å². The summed E-state index contributed by atoms with van der Waals surface area (Å²) in [7, 11) is 1.58. The van der Waals surface area contributed by atoms with E-state index in [0.717, 1.165) is 22.0 Å². The third-order valence-electron chi connectivity index (χ3n) is 5.28. The van der Waals surface area contributed by atoms with Gasteiger partial charge in [-0.3, -0.25) is 14.8 Å². The number of nitro groups is 1. The van der Waals surface area contributed by atoms with E-state index in [1.807, 2.05) is 24.3 Å². The molecule has 0 aliphatic carbocycles. The molecule has 0 spiro atoms. The Labute approximate surface area is 193 Å². The van der Waals surface area contributed by atoms with E-state index < -0.39 is 4.92 Å². The summed E-state index contributed by atoms with van der Waals surface area (Å²) in [5, 5.41) is 17.0. The molecule has 168 valence electrons. The molecule has 1 aromatic heterocycles. The maximum absolute atomic E-state index is 11.1. The van der Waals surface area contributed by atoms with Gasteiger partial charge in [0, 0.05) is 23.8 Å². The van der Waals surface area contributed by atoms with E-state index >= 15 is 0 Å². The van der Waals surface area contributed by atoms with Crippen LogP contribution in [-0.4, -0.2) is 28.6 Å². The van der Waals surface area contributed by atoms with E-state index in [4.69, 9.17) is 30.5 Å². The number of halogens is 1. The van der Waals surface area contributed by atoms with Gasteiger partial charge in [-0.2, -0.15) is 0 Å². The maximum atomic E-state index is 11.1. The summed E-state index contributed by atoms with van der Waals surface area (Å²) in [6.45, 7) is 0.650. The molecule has 0 unspecified atom stereocenters. The molecule has 1 aliphatic heterocycles. The van der Waals surface area contributed by atoms with Gasteiger partial charge in [0.05, 0.1) is 34.5 Å². The minimum absolute atomic E-state index is 0.0274. The third-order valence-corrected chi connectivity index (χ3v) is 5.64. The molecular weight excluding hydrogens is 450 g/mol. The van der Waals surface area contributed by atoms with E-state index in [2.05, 4.69) is 5.10 Å². The van der Waals surface area contributed by atoms with Crippen LogP contribution in [0.25, 0.3) is 10.9 Å². The van der Waals surface area contributed by atoms with E-state index in [9.17, 15) is 10.1 Å². The zero-order valence-electron chi connectivity index (χ0n) is 17.5. The van der Waals surface area contributed by atoms with E-state index in [-0.39, 0.29) is 19.1 Å². The zero-order valence-corrected chi connectivity index (χ0v) is 18.2. The minimum Gasteiger partial charge on any atom is -0.497 e. The van der Waals surface area contributed by atoms with Crippen molar-refractivity contribution in [1.82, 2.24) is 9.78 Å². The molecule has 0 saturated carbocycles. The first-order valence-electron chi connectivity index (χ1n) is 10.0. The molecule has 0 N–H and O–H groups in total. The molecule has 4 aromatic rings. The Morgan fingerprint density at radius 3 is 2.76 bits per heavy atom. The molecule has 9 nitrogen and oxygen atoms in total. The lowest BCUT2D eigenvalue weighted by Crippen LogP contribution is -2.03. The van der Waals surface area contributed by atoms with Crippen molar-refractivity contribution >= 4 is 28.2 Å². The van der Waals surface area contributed by atoms with E-state index in [1.54, 1.807) is 30.0 Å². The van der Waals surface area contributed by atoms with Crippen molar-refractivity contribution in [2.45, 2.75) is 13.2 Å². The number of hydrogen-bond donors (Lipinski definition) is 0. The second-order valence-electron chi connectivity index (χ2n) is 7.36. The number of rotatable bonds is 7. The quantitative estimate of drug-likeness (QED) is 0.280. The first kappa shape index (κ1) is 20.9. The van der Waals surface area contributed by atoms with Gasteiger partial charge >= 0.3 is 0 Å². The fraction of sp³-hybridized carbons (Fsp3) is 0.174. The van der Waals surface area contributed by atoms with Crippen molar-refractivity contribution in [1.29, 1.82) is 0 Å². The average molecular weight is 468 g/mol. The summed E-state index contributed by atoms with van der Waals surface area (Å²) in [4.78, 5) is 10.7. The molecule has 0 atom stereocenters. The number of nitrogens with zero attached hydrogens (tertiary/aromatic N) is 3. The molecule has 3 aromatic carbocycles. The standard InChI is InChI=1S/C23H18ClN3O6/c1-30-17-5-6-20-18(9-17)23(25-26(20)11-14-3-2-4-16(7-14)27(28)29)31-12-15-8-21-22(10-19(15)24)33-13-32-21/h2-10H,11-13H2,1H3. The lowest BCUT2D eigenvalue weighted by Gasteiger charge is -2.07. The summed E-state index contributed by atoms with van der Waals surface area (Å²) in [6.07, 6.45) is 0. The third kappa shape index (κ3) is 4.10. The summed E-state index contributed by atoms with van der Waals surface area (Å²) >= 11 is 6.38. The van der Waals surface area contributed by atoms with Crippen LogP contribution in [0.1, 0.15) is 11.1 Å². The van der Waals surface area contributed by atoms with Crippen LogP contribution in [0.2, 0.25) is 5.02 Å². The lowest BCUT2D eigenvalue weighted by atomic mass is 10.2. The van der Waals surface area contributed by atoms with Crippen LogP contribution < -0.4 is 18.9 Å². The SMILES string of the molecule is COc1ccc2c(c1)c(OCc1cc3c(cc1Cl)OCO3)nn2Cc1cccc([N+](=O)[O-])c1. The molecule has 5 rings (SSSR count). The van der Waals surface area contributed by atoms with Crippen LogP contribution in [0, 0.1) is 10.1 Å². The van der Waals surface area contributed by atoms with Gasteiger partial charge in [-0.25, -0.2) is 0 Å². The normalized spacial score (nSPS) is 12.2. The van der Waals surface area contributed by atoms with Gasteiger partial charge in [-0.05, 0) is 29.8 Å². The minimum atomic E-state index is -0.417. The van der Waals surface area contributed by atoms with Gasteiger partial charge in [0.15, 0.2) is 11.5 Å². The highest BCUT2D eigenvalue weighted by atomic mass is 35.5. The number of hydrogen-bond acceptors (Lipinski definition) is 7. The first-order valence-corrected chi connectivity index (χ1v) is 10.4. The van der Waals surface area contributed by atoms with Crippen molar-refractivity contribution in [3.05, 3.63) is 80.9 Å². The van der Waals surface area contributed by atoms with E-state index in [0.29, 0.717) is 34.7 Å². The average Bonchev–Trinajstić information content (AvgIpc) is 3.41. The highest BCUT2D eigenvalue weighted by Crippen LogP contribution is 2.37. The molecule has 2 heterocycles. The number of non-ortho nitro benzene ring substituents is 1. The molecule has 0 bridgehead atoms. The summed E-state index contributed by atoms with van der Waals surface area (Å²) in [5.41, 5.74) is 2.30. The Balaban J connectivity index is 1.47. The summed E-state index contributed by atoms with van der Waals surface area (Å²) in [5.74, 6) is 2.26. The van der Waals surface area contributed by atoms with Gasteiger partial charge < -0.3 is 18.9 Å². The topological polar surface area (TPSA) is 97.9 Å². The van der Waals surface area contributed by atoms with Gasteiger partial charge in [-0.15, -0.1) is 5.10 Å². The smallest absolute Gasteiger partial charge is 0.269 e. The maximum Gasteiger partial charge on any atom is 0.269 e. The Bertz CT molecular complexity index is 1370. The fourth-order valence-electron chi connectivity index (χ4n) is 3.64. The van der Waals surface area contributed by atoms with Crippen molar-refractivity contribution < 1.29 is 23.9 Å². The number of aromatic nitrogens is 2. The fourth-order valence-corrected chi connectivity index (χ4v) is 3.85. The Morgan fingerprint density at radius 1 is 1.15 bits per heavy atom. The molecule has 1 aliphatic rings. The van der Waals surface area contributed by atoms with E-state index in [1.165, 1.54) is 12.1 Å². The van der Waals surface area contributed by atoms with Crippen LogP contribution in [0.4, 0.5) is 5.69 Å². The number of ether oxygens (including phenoxy) is 4. The molecular formula is C23H18ClN3O6. The zero-order chi connectivity index (χ0) is 22.9. The monoisotopic (exact) mass is 467 g/mol. The van der Waals surface area contributed by atoms with Crippen molar-refractivity contribution in [3.8, 4) is 23.1 Å². The Hall–Kier alpha value is -3.98. The first-order chi connectivity index (χ1) is 16.0. The van der Waals surface area contributed by atoms with Crippen LogP contribution in [-0.2, 0) is 13.2 Å². The number of methoxy groups -OCH3 is 1. The summed E-state index contributed by atoms with van der Waals surface area (Å²) < 4.78 is 23.9. The molecule has 10 heteroatoms. The number of fused-ring (bicyclic) bond motifs is 2. The number of benzene rings is 3. The molecule has 0 amide bonds. The highest BCUT2D eigenvalue weighted by molar-refractivity contribution is 6.31. The lowest BCUT2D eigenvalue weighted by molar-refractivity contribution is -0.384. The molecule has 33 heavy (non-hydrogen) atoms. The van der Waals surface area contributed by atoms with Gasteiger partial charge in [0.1, 0.15) is 12.4 Å². The highest BCUT2D eigenvalue weighted by Gasteiger charge is 2.19. The molecule has 0 radical (unpaired) electrons. The van der Waals surface area contributed by atoms with Gasteiger partial charge in [0.25, 0.3) is 5.69 Å². The van der Waals surface area contributed by atoms with Crippen LogP contribution in [0.15, 0.2) is 54.6 Å². The van der Waals surface area contributed by atoms with Crippen LogP contribution in [0.3, 0.4) is 0 Å². The van der Waals surface area contributed by atoms with Crippen molar-refractivity contribution in [2.75, 3.05) is 13.9 Å². The van der Waals surface area contributed by atoms with Crippen molar-refractivity contribution in [2.24, 2.45) is 0 Å². The van der Waals surface area contributed by atoms with Crippen molar-refractivity contribution in [3.63, 3.8) is 0 Å². The number of nitro benzene ring substituents is 1. The largest absolute Gasteiger partial charge is 0.497 e. The van der Waals surface area contributed by atoms with Crippen LogP contribution in [0.5, 0.6) is 23.1 Å². The Kier molecular flexibility index (Phi) is 5.39.